The second kappa shape index (κ2) is 3.21. The van der Waals surface area contributed by atoms with E-state index in [1.165, 1.54) is 12.0 Å². The Balaban J connectivity index is 2.20. The quantitative estimate of drug-likeness (QED) is 0.539. The molecule has 2 rings (SSSR count). The zero-order valence-corrected chi connectivity index (χ0v) is 7.71. The Morgan fingerprint density at radius 2 is 2.64 bits per heavy atom. The summed E-state index contributed by atoms with van der Waals surface area (Å²) in [4.78, 5) is 16.8. The fraction of sp³-hybridized carbons (Fsp3) is 0.500. The first kappa shape index (κ1) is 8.86. The predicted molar refractivity (Wildman–Crippen MR) is 48.5 cm³/mol. The monoisotopic (exact) mass is 197 g/mol. The molecule has 0 aromatic rings. The average Bonchev–Trinajstić information content (AvgIpc) is 2.56. The summed E-state index contributed by atoms with van der Waals surface area (Å²) >= 11 is 0. The normalized spacial score (nSPS) is 29.2. The number of carbonyl (C=O) groups is 1. The lowest BCUT2D eigenvalue weighted by molar-refractivity contribution is 0.0831. The number of amides is 1. The zero-order valence-electron chi connectivity index (χ0n) is 7.71. The number of aliphatic imine (C=N–C) groups is 1. The highest BCUT2D eigenvalue weighted by Gasteiger charge is 2.37. The van der Waals surface area contributed by atoms with Crippen molar-refractivity contribution in [1.29, 1.82) is 0 Å². The van der Waals surface area contributed by atoms with E-state index in [1.807, 2.05) is 12.2 Å². The zero-order chi connectivity index (χ0) is 10.1. The van der Waals surface area contributed by atoms with E-state index in [1.54, 1.807) is 0 Å². The van der Waals surface area contributed by atoms with Gasteiger partial charge in [-0.1, -0.05) is 6.08 Å². The summed E-state index contributed by atoms with van der Waals surface area (Å²) in [6.45, 7) is 0.466. The van der Waals surface area contributed by atoms with E-state index in [0.29, 0.717) is 6.54 Å². The van der Waals surface area contributed by atoms with Gasteiger partial charge in [-0.15, -0.1) is 0 Å². The van der Waals surface area contributed by atoms with Crippen molar-refractivity contribution in [2.45, 2.75) is 12.3 Å². The molecule has 0 fully saturated rings. The largest absolute Gasteiger partial charge is 0.454 e. The molecule has 0 radical (unpaired) electrons. The maximum atomic E-state index is 11.3. The third-order valence-corrected chi connectivity index (χ3v) is 2.17. The predicted octanol–water partition coefficient (Wildman–Crippen LogP) is -0.336. The first-order valence-corrected chi connectivity index (χ1v) is 4.23. The van der Waals surface area contributed by atoms with E-state index < -0.39 is 6.09 Å². The molecule has 1 amide bonds. The Morgan fingerprint density at radius 1 is 1.86 bits per heavy atom. The van der Waals surface area contributed by atoms with Gasteiger partial charge in [-0.05, 0) is 6.08 Å². The topological polar surface area (TPSA) is 77.1 Å². The Kier molecular flexibility index (Phi) is 2.03. The molecular formula is C8H11N3O3. The molecule has 2 aliphatic rings. The van der Waals surface area contributed by atoms with Crippen LogP contribution in [0, 0.1) is 0 Å². The number of carbonyl (C=O) groups excluding carboxylic acids is 1. The lowest BCUT2D eigenvalue weighted by Crippen LogP contribution is -2.46. The average molecular weight is 197 g/mol. The molecule has 2 unspecified atom stereocenters. The van der Waals surface area contributed by atoms with Gasteiger partial charge >= 0.3 is 6.09 Å². The number of rotatable bonds is 0. The first-order valence-electron chi connectivity index (χ1n) is 4.23. The number of amidine groups is 1. The van der Waals surface area contributed by atoms with Gasteiger partial charge in [0.2, 0.25) is 0 Å². The van der Waals surface area contributed by atoms with Crippen molar-refractivity contribution in [3.63, 3.8) is 0 Å². The van der Waals surface area contributed by atoms with E-state index in [0.717, 1.165) is 0 Å². The Labute approximate surface area is 81.0 Å². The molecule has 2 heterocycles. The summed E-state index contributed by atoms with van der Waals surface area (Å²) in [7, 11) is 1.33. The van der Waals surface area contributed by atoms with Gasteiger partial charge in [-0.25, -0.2) is 9.79 Å². The lowest BCUT2D eigenvalue weighted by atomic mass is 10.2. The van der Waals surface area contributed by atoms with Crippen LogP contribution in [0.3, 0.4) is 0 Å². The number of nitrogens with two attached hydrogens (primary N) is 1. The summed E-state index contributed by atoms with van der Waals surface area (Å²) < 4.78 is 9.80. The summed E-state index contributed by atoms with van der Waals surface area (Å²) in [5, 5.41) is 0. The highest BCUT2D eigenvalue weighted by Crippen LogP contribution is 2.21. The molecule has 6 heteroatoms. The van der Waals surface area contributed by atoms with Crippen LogP contribution in [0.15, 0.2) is 17.1 Å². The Morgan fingerprint density at radius 3 is 3.36 bits per heavy atom. The molecule has 0 bridgehead atoms. The van der Waals surface area contributed by atoms with Gasteiger partial charge in [-0.3, -0.25) is 4.90 Å². The number of hydrogen-bond donors (Lipinski definition) is 1. The van der Waals surface area contributed by atoms with Gasteiger partial charge in [0.05, 0.1) is 7.11 Å². The van der Waals surface area contributed by atoms with Crippen LogP contribution in [-0.2, 0) is 9.47 Å². The minimum absolute atomic E-state index is 0.112. The minimum Gasteiger partial charge on any atom is -0.454 e. The third-order valence-electron chi connectivity index (χ3n) is 2.17. The minimum atomic E-state index is -0.425. The molecule has 0 aliphatic carbocycles. The SMILES string of the molecule is COC(=O)N1CC=CC2OC(N)=NC21. The van der Waals surface area contributed by atoms with Gasteiger partial charge in [0.1, 0.15) is 0 Å². The van der Waals surface area contributed by atoms with Crippen LogP contribution in [0.5, 0.6) is 0 Å². The van der Waals surface area contributed by atoms with E-state index in [9.17, 15) is 4.79 Å². The van der Waals surface area contributed by atoms with Gasteiger partial charge in [0.25, 0.3) is 6.02 Å². The molecule has 0 aromatic heterocycles. The Hall–Kier alpha value is -1.72. The molecule has 2 aliphatic heterocycles. The van der Waals surface area contributed by atoms with Crippen LogP contribution in [0.2, 0.25) is 0 Å². The maximum Gasteiger partial charge on any atom is 0.411 e. The van der Waals surface area contributed by atoms with Crippen LogP contribution < -0.4 is 5.73 Å². The molecule has 76 valence electrons. The van der Waals surface area contributed by atoms with Crippen molar-refractivity contribution in [3.05, 3.63) is 12.2 Å². The maximum absolute atomic E-state index is 11.3. The molecule has 6 nitrogen and oxygen atoms in total. The van der Waals surface area contributed by atoms with E-state index in [4.69, 9.17) is 10.5 Å². The highest BCUT2D eigenvalue weighted by molar-refractivity contribution is 5.76. The molecule has 2 N–H and O–H groups in total. The summed E-state index contributed by atoms with van der Waals surface area (Å²) in [5.74, 6) is 0. The molecule has 0 spiro atoms. The molecule has 0 saturated heterocycles. The van der Waals surface area contributed by atoms with Crippen LogP contribution in [0.25, 0.3) is 0 Å². The van der Waals surface area contributed by atoms with Gasteiger partial charge in [0.15, 0.2) is 12.3 Å². The first-order chi connectivity index (χ1) is 6.72. The highest BCUT2D eigenvalue weighted by atomic mass is 16.5. The fourth-order valence-electron chi connectivity index (χ4n) is 1.54. The summed E-state index contributed by atoms with van der Waals surface area (Å²) in [5.41, 5.74) is 5.41. The number of methoxy groups -OCH3 is 1. The molecular weight excluding hydrogens is 186 g/mol. The molecule has 0 saturated carbocycles. The number of hydrogen-bond acceptors (Lipinski definition) is 5. The van der Waals surface area contributed by atoms with E-state index in [-0.39, 0.29) is 18.3 Å². The van der Waals surface area contributed by atoms with Crippen molar-refractivity contribution >= 4 is 12.1 Å². The third kappa shape index (κ3) is 1.28. The van der Waals surface area contributed by atoms with Crippen molar-refractivity contribution < 1.29 is 14.3 Å². The van der Waals surface area contributed by atoms with Gasteiger partial charge < -0.3 is 15.2 Å². The Bertz CT molecular complexity index is 313. The molecule has 14 heavy (non-hydrogen) atoms. The smallest absolute Gasteiger partial charge is 0.411 e. The van der Waals surface area contributed by atoms with E-state index in [2.05, 4.69) is 9.73 Å². The summed E-state index contributed by atoms with van der Waals surface area (Å²) in [6.07, 6.45) is 2.58. The van der Waals surface area contributed by atoms with Crippen LogP contribution in [0.4, 0.5) is 4.79 Å². The lowest BCUT2D eigenvalue weighted by Gasteiger charge is -2.29. The van der Waals surface area contributed by atoms with Crippen LogP contribution in [0.1, 0.15) is 0 Å². The second-order valence-corrected chi connectivity index (χ2v) is 3.01. The number of fused-ring (bicyclic) bond motifs is 1. The van der Waals surface area contributed by atoms with Crippen molar-refractivity contribution in [2.75, 3.05) is 13.7 Å². The van der Waals surface area contributed by atoms with Crippen molar-refractivity contribution in [1.82, 2.24) is 4.90 Å². The second-order valence-electron chi connectivity index (χ2n) is 3.01. The van der Waals surface area contributed by atoms with E-state index >= 15 is 0 Å². The van der Waals surface area contributed by atoms with Crippen LogP contribution >= 0.6 is 0 Å². The van der Waals surface area contributed by atoms with Gasteiger partial charge in [-0.2, -0.15) is 0 Å². The number of nitrogens with zero attached hydrogens (tertiary/aromatic N) is 2. The standard InChI is InChI=1S/C8H11N3O3/c1-13-8(12)11-4-2-3-5-6(11)10-7(9)14-5/h2-3,5-6H,4H2,1H3,(H2,9,10). The van der Waals surface area contributed by atoms with Crippen LogP contribution in [-0.4, -0.2) is 42.9 Å². The fourth-order valence-corrected chi connectivity index (χ4v) is 1.54. The number of ether oxygens (including phenoxy) is 2. The van der Waals surface area contributed by atoms with Crippen molar-refractivity contribution in [2.24, 2.45) is 10.7 Å². The molecule has 2 atom stereocenters. The van der Waals surface area contributed by atoms with Gasteiger partial charge in [0, 0.05) is 6.54 Å². The molecule has 0 aromatic carbocycles. The summed E-state index contributed by atoms with van der Waals surface area (Å²) in [6, 6.07) is 0.112. The van der Waals surface area contributed by atoms with Crippen molar-refractivity contribution in [3.8, 4) is 0 Å².